The van der Waals surface area contributed by atoms with Gasteiger partial charge in [0.15, 0.2) is 4.80 Å². The maximum atomic E-state index is 13.7. The molecule has 1 aliphatic heterocycles. The van der Waals surface area contributed by atoms with Gasteiger partial charge in [0.1, 0.15) is 17.3 Å². The SMILES string of the molecule is CCOC(=O)C1=C(C)N=c2s/c(=C\c3ccc(-c4ccc(Cl)cc4)o3)c(=O)n2C1c1ccc(F)cc1. The van der Waals surface area contributed by atoms with E-state index in [9.17, 15) is 14.0 Å². The lowest BCUT2D eigenvalue weighted by Gasteiger charge is -2.24. The Balaban J connectivity index is 1.63. The Morgan fingerprint density at radius 3 is 2.58 bits per heavy atom. The number of carbonyl (C=O) groups is 1. The van der Waals surface area contributed by atoms with E-state index >= 15 is 0 Å². The minimum absolute atomic E-state index is 0.171. The van der Waals surface area contributed by atoms with Crippen LogP contribution in [0.25, 0.3) is 17.4 Å². The molecule has 3 heterocycles. The number of esters is 1. The van der Waals surface area contributed by atoms with E-state index in [1.165, 1.54) is 28.0 Å². The second-order valence-corrected chi connectivity index (χ2v) is 9.51. The van der Waals surface area contributed by atoms with Gasteiger partial charge in [-0.1, -0.05) is 35.1 Å². The molecule has 2 aromatic heterocycles. The number of fused-ring (bicyclic) bond motifs is 1. The number of benzene rings is 2. The van der Waals surface area contributed by atoms with E-state index in [1.54, 1.807) is 50.3 Å². The maximum Gasteiger partial charge on any atom is 0.338 e. The van der Waals surface area contributed by atoms with Crippen molar-refractivity contribution in [3.8, 4) is 11.3 Å². The number of rotatable bonds is 5. The van der Waals surface area contributed by atoms with E-state index in [1.807, 2.05) is 18.2 Å². The summed E-state index contributed by atoms with van der Waals surface area (Å²) >= 11 is 7.15. The fourth-order valence-electron chi connectivity index (χ4n) is 4.08. The summed E-state index contributed by atoms with van der Waals surface area (Å²) in [4.78, 5) is 31.4. The zero-order valence-electron chi connectivity index (χ0n) is 19.3. The molecule has 9 heteroatoms. The van der Waals surface area contributed by atoms with Crippen molar-refractivity contribution in [2.75, 3.05) is 6.61 Å². The van der Waals surface area contributed by atoms with Crippen molar-refractivity contribution >= 4 is 35.0 Å². The van der Waals surface area contributed by atoms with E-state index in [0.29, 0.717) is 37.1 Å². The van der Waals surface area contributed by atoms with Crippen molar-refractivity contribution in [2.45, 2.75) is 19.9 Å². The van der Waals surface area contributed by atoms with Crippen LogP contribution in [-0.4, -0.2) is 17.1 Å². The predicted octanol–water partition coefficient (Wildman–Crippen LogP) is 4.85. The Morgan fingerprint density at radius 1 is 1.17 bits per heavy atom. The minimum Gasteiger partial charge on any atom is -0.463 e. The average molecular weight is 523 g/mol. The predicted molar refractivity (Wildman–Crippen MR) is 136 cm³/mol. The number of halogens is 2. The molecule has 182 valence electrons. The van der Waals surface area contributed by atoms with Crippen LogP contribution in [0, 0.1) is 5.82 Å². The number of thiazole rings is 1. The molecule has 0 spiro atoms. The van der Waals surface area contributed by atoms with Gasteiger partial charge in [-0.2, -0.15) is 0 Å². The lowest BCUT2D eigenvalue weighted by molar-refractivity contribution is -0.139. The molecule has 0 radical (unpaired) electrons. The van der Waals surface area contributed by atoms with Gasteiger partial charge in [-0.05, 0) is 67.9 Å². The number of furan rings is 1. The highest BCUT2D eigenvalue weighted by Crippen LogP contribution is 2.31. The fraction of sp³-hybridized carbons (Fsp3) is 0.148. The third kappa shape index (κ3) is 4.45. The number of aromatic nitrogens is 1. The highest BCUT2D eigenvalue weighted by Gasteiger charge is 2.33. The highest BCUT2D eigenvalue weighted by atomic mass is 35.5. The fourth-order valence-corrected chi connectivity index (χ4v) is 5.23. The van der Waals surface area contributed by atoms with Gasteiger partial charge >= 0.3 is 5.97 Å². The zero-order chi connectivity index (χ0) is 25.4. The van der Waals surface area contributed by atoms with E-state index in [4.69, 9.17) is 20.8 Å². The quantitative estimate of drug-likeness (QED) is 0.351. The normalized spacial score (nSPS) is 15.6. The van der Waals surface area contributed by atoms with Gasteiger partial charge in [0.2, 0.25) is 0 Å². The van der Waals surface area contributed by atoms with Crippen LogP contribution in [0.2, 0.25) is 5.02 Å². The number of allylic oxidation sites excluding steroid dienone is 1. The summed E-state index contributed by atoms with van der Waals surface area (Å²) in [6.45, 7) is 3.58. The molecule has 5 rings (SSSR count). The van der Waals surface area contributed by atoms with Crippen LogP contribution in [0.15, 0.2) is 86.1 Å². The first-order valence-corrected chi connectivity index (χ1v) is 12.4. The van der Waals surface area contributed by atoms with Gasteiger partial charge < -0.3 is 9.15 Å². The molecule has 4 aromatic rings. The second kappa shape index (κ2) is 9.72. The third-order valence-corrected chi connectivity index (χ3v) is 6.97. The van der Waals surface area contributed by atoms with Crippen molar-refractivity contribution in [3.63, 3.8) is 0 Å². The summed E-state index contributed by atoms with van der Waals surface area (Å²) in [5.41, 5.74) is 1.77. The summed E-state index contributed by atoms with van der Waals surface area (Å²) in [5.74, 6) is 0.139. The third-order valence-electron chi connectivity index (χ3n) is 5.73. The molecular formula is C27H20ClFN2O4S. The van der Waals surface area contributed by atoms with Crippen LogP contribution in [0.1, 0.15) is 31.2 Å². The van der Waals surface area contributed by atoms with Crippen molar-refractivity contribution in [1.82, 2.24) is 4.57 Å². The van der Waals surface area contributed by atoms with Gasteiger partial charge in [0.05, 0.1) is 28.5 Å². The second-order valence-electron chi connectivity index (χ2n) is 8.06. The van der Waals surface area contributed by atoms with Crippen molar-refractivity contribution in [3.05, 3.63) is 114 Å². The van der Waals surface area contributed by atoms with Crippen LogP contribution >= 0.6 is 22.9 Å². The first-order chi connectivity index (χ1) is 17.4. The molecule has 0 amide bonds. The van der Waals surface area contributed by atoms with Crippen molar-refractivity contribution < 1.29 is 18.3 Å². The summed E-state index contributed by atoms with van der Waals surface area (Å²) in [6, 6.07) is 15.7. The highest BCUT2D eigenvalue weighted by molar-refractivity contribution is 7.07. The topological polar surface area (TPSA) is 73.8 Å². The Labute approximate surface area is 214 Å². The minimum atomic E-state index is -0.802. The first kappa shape index (κ1) is 24.0. The molecule has 2 aromatic carbocycles. The number of ether oxygens (including phenoxy) is 1. The van der Waals surface area contributed by atoms with Gasteiger partial charge in [-0.15, -0.1) is 0 Å². The average Bonchev–Trinajstić information content (AvgIpc) is 3.44. The van der Waals surface area contributed by atoms with Crippen molar-refractivity contribution in [2.24, 2.45) is 4.99 Å². The summed E-state index contributed by atoms with van der Waals surface area (Å²) < 4.78 is 26.7. The Hall–Kier alpha value is -3.75. The number of hydrogen-bond donors (Lipinski definition) is 0. The molecule has 6 nitrogen and oxygen atoms in total. The van der Waals surface area contributed by atoms with E-state index in [0.717, 1.165) is 5.56 Å². The number of carbonyl (C=O) groups excluding carboxylic acids is 1. The molecule has 0 N–H and O–H groups in total. The van der Waals surface area contributed by atoms with Gasteiger partial charge in [-0.3, -0.25) is 9.36 Å². The molecule has 1 atom stereocenters. The lowest BCUT2D eigenvalue weighted by atomic mass is 9.96. The van der Waals surface area contributed by atoms with Gasteiger partial charge in [0.25, 0.3) is 5.56 Å². The molecule has 1 aliphatic rings. The molecule has 0 bridgehead atoms. The molecular weight excluding hydrogens is 503 g/mol. The van der Waals surface area contributed by atoms with Gasteiger partial charge in [0, 0.05) is 16.7 Å². The van der Waals surface area contributed by atoms with Crippen LogP contribution < -0.4 is 14.9 Å². The zero-order valence-corrected chi connectivity index (χ0v) is 20.9. The monoisotopic (exact) mass is 522 g/mol. The standard InChI is InChI=1S/C27H20ClFN2O4S/c1-3-34-26(33)23-15(2)30-27-31(24(23)17-6-10-19(29)11-7-17)25(32)22(36-27)14-20-12-13-21(35-20)16-4-8-18(28)9-5-16/h4-14,24H,3H2,1-2H3/b22-14-. The Kier molecular flexibility index (Phi) is 6.47. The molecule has 0 saturated carbocycles. The molecule has 0 saturated heterocycles. The maximum absolute atomic E-state index is 13.7. The van der Waals surface area contributed by atoms with Crippen LogP contribution in [0.5, 0.6) is 0 Å². The summed E-state index contributed by atoms with van der Waals surface area (Å²) in [6.07, 6.45) is 1.65. The lowest BCUT2D eigenvalue weighted by Crippen LogP contribution is -2.39. The van der Waals surface area contributed by atoms with E-state index in [-0.39, 0.29) is 17.7 Å². The molecule has 0 fully saturated rings. The van der Waals surface area contributed by atoms with Crippen LogP contribution in [0.3, 0.4) is 0 Å². The molecule has 1 unspecified atom stereocenters. The van der Waals surface area contributed by atoms with E-state index < -0.39 is 17.8 Å². The van der Waals surface area contributed by atoms with Crippen LogP contribution in [0.4, 0.5) is 4.39 Å². The Bertz CT molecular complexity index is 1660. The molecule has 36 heavy (non-hydrogen) atoms. The Morgan fingerprint density at radius 2 is 1.89 bits per heavy atom. The molecule has 0 aliphatic carbocycles. The van der Waals surface area contributed by atoms with Crippen LogP contribution in [-0.2, 0) is 9.53 Å². The van der Waals surface area contributed by atoms with Gasteiger partial charge in [-0.25, -0.2) is 14.2 Å². The number of nitrogens with zero attached hydrogens (tertiary/aromatic N) is 2. The largest absolute Gasteiger partial charge is 0.463 e. The summed E-state index contributed by atoms with van der Waals surface area (Å²) in [7, 11) is 0. The summed E-state index contributed by atoms with van der Waals surface area (Å²) in [5, 5.41) is 0.625. The smallest absolute Gasteiger partial charge is 0.338 e. The first-order valence-electron chi connectivity index (χ1n) is 11.2. The number of hydrogen-bond acceptors (Lipinski definition) is 6. The van der Waals surface area contributed by atoms with Crippen molar-refractivity contribution in [1.29, 1.82) is 0 Å². The van der Waals surface area contributed by atoms with E-state index in [2.05, 4.69) is 4.99 Å².